The lowest BCUT2D eigenvalue weighted by molar-refractivity contribution is 0.0568. The van der Waals surface area contributed by atoms with E-state index < -0.39 is 16.0 Å². The average Bonchev–Trinajstić information content (AvgIpc) is 2.46. The number of hydrogen-bond acceptors (Lipinski definition) is 4. The molecule has 0 unspecified atom stereocenters. The monoisotopic (exact) mass is 299 g/mol. The number of benzene rings is 1. The Balaban J connectivity index is 2.00. The van der Waals surface area contributed by atoms with Gasteiger partial charge in [-0.05, 0) is 43.0 Å². The molecule has 2 rings (SSSR count). The van der Waals surface area contributed by atoms with E-state index in [-0.39, 0.29) is 16.4 Å². The molecule has 1 aliphatic heterocycles. The molecule has 6 nitrogen and oxygen atoms in total. The third kappa shape index (κ3) is 3.78. The first-order valence-corrected chi connectivity index (χ1v) is 7.88. The van der Waals surface area contributed by atoms with Crippen LogP contribution in [-0.2, 0) is 14.8 Å². The van der Waals surface area contributed by atoms with E-state index in [0.717, 1.165) is 19.4 Å². The maximum absolute atomic E-state index is 12.1. The molecular formula is C13H17NO5S. The number of carbonyl (C=O) groups is 1. The van der Waals surface area contributed by atoms with Gasteiger partial charge in [-0.1, -0.05) is 0 Å². The molecule has 1 aromatic rings. The number of rotatable bonds is 5. The summed E-state index contributed by atoms with van der Waals surface area (Å²) in [5.41, 5.74) is 0.0598. The van der Waals surface area contributed by atoms with E-state index in [0.29, 0.717) is 13.2 Å². The zero-order valence-corrected chi connectivity index (χ0v) is 11.7. The number of aromatic carboxylic acids is 1. The zero-order valence-electron chi connectivity index (χ0n) is 10.9. The van der Waals surface area contributed by atoms with Crippen LogP contribution in [0, 0.1) is 5.92 Å². The normalized spacial score (nSPS) is 19.7. The van der Waals surface area contributed by atoms with Gasteiger partial charge in [0.05, 0.1) is 17.1 Å². The van der Waals surface area contributed by atoms with E-state index in [1.165, 1.54) is 24.3 Å². The maximum Gasteiger partial charge on any atom is 0.335 e. The predicted molar refractivity (Wildman–Crippen MR) is 72.1 cm³/mol. The van der Waals surface area contributed by atoms with E-state index in [2.05, 4.69) is 4.72 Å². The second-order valence-electron chi connectivity index (χ2n) is 4.76. The van der Waals surface area contributed by atoms with Crippen molar-refractivity contribution in [1.82, 2.24) is 4.72 Å². The molecule has 20 heavy (non-hydrogen) atoms. The van der Waals surface area contributed by atoms with Crippen LogP contribution in [0.25, 0.3) is 0 Å². The minimum absolute atomic E-state index is 0.0598. The van der Waals surface area contributed by atoms with Crippen LogP contribution < -0.4 is 4.72 Å². The summed E-state index contributed by atoms with van der Waals surface area (Å²) >= 11 is 0. The Labute approximate surface area is 117 Å². The number of nitrogens with one attached hydrogen (secondary N) is 1. The van der Waals surface area contributed by atoms with Crippen molar-refractivity contribution in [1.29, 1.82) is 0 Å². The molecule has 0 spiro atoms. The molecule has 1 heterocycles. The minimum atomic E-state index is -3.60. The highest BCUT2D eigenvalue weighted by Crippen LogP contribution is 2.15. The number of ether oxygens (including phenoxy) is 1. The van der Waals surface area contributed by atoms with Crippen molar-refractivity contribution < 1.29 is 23.1 Å². The summed E-state index contributed by atoms with van der Waals surface area (Å²) in [5.74, 6) is -0.891. The van der Waals surface area contributed by atoms with Gasteiger partial charge in [-0.3, -0.25) is 0 Å². The molecular weight excluding hydrogens is 282 g/mol. The fourth-order valence-electron chi connectivity index (χ4n) is 2.06. The molecule has 1 aliphatic rings. The molecule has 1 fully saturated rings. The van der Waals surface area contributed by atoms with Gasteiger partial charge in [-0.25, -0.2) is 17.9 Å². The Morgan fingerprint density at radius 3 is 2.60 bits per heavy atom. The van der Waals surface area contributed by atoms with Gasteiger partial charge >= 0.3 is 5.97 Å². The molecule has 0 saturated carbocycles. The smallest absolute Gasteiger partial charge is 0.335 e. The first-order valence-electron chi connectivity index (χ1n) is 6.40. The van der Waals surface area contributed by atoms with E-state index in [4.69, 9.17) is 9.84 Å². The van der Waals surface area contributed by atoms with Gasteiger partial charge in [0.25, 0.3) is 0 Å². The highest BCUT2D eigenvalue weighted by molar-refractivity contribution is 7.89. The third-order valence-electron chi connectivity index (χ3n) is 3.23. The summed E-state index contributed by atoms with van der Waals surface area (Å²) in [7, 11) is -3.60. The fraction of sp³-hybridized carbons (Fsp3) is 0.462. The SMILES string of the molecule is O=C(O)c1ccc(S(=O)(=O)NC[C@@H]2CCCOC2)cc1. The van der Waals surface area contributed by atoms with Crippen LogP contribution in [0.4, 0.5) is 0 Å². The Morgan fingerprint density at radius 2 is 2.05 bits per heavy atom. The Hall–Kier alpha value is -1.44. The summed E-state index contributed by atoms with van der Waals surface area (Å²) in [6, 6.07) is 5.15. The highest BCUT2D eigenvalue weighted by atomic mass is 32.2. The first kappa shape index (κ1) is 15.0. The van der Waals surface area contributed by atoms with Crippen molar-refractivity contribution in [3.63, 3.8) is 0 Å². The van der Waals surface area contributed by atoms with E-state index in [1.807, 2.05) is 0 Å². The average molecular weight is 299 g/mol. The molecule has 0 radical (unpaired) electrons. The van der Waals surface area contributed by atoms with Crippen molar-refractivity contribution >= 4 is 16.0 Å². The van der Waals surface area contributed by atoms with Gasteiger partial charge in [0.15, 0.2) is 0 Å². The first-order chi connectivity index (χ1) is 9.49. The molecule has 1 saturated heterocycles. The predicted octanol–water partition coefficient (Wildman–Crippen LogP) is 1.09. The molecule has 110 valence electrons. The van der Waals surface area contributed by atoms with Gasteiger partial charge < -0.3 is 9.84 Å². The molecule has 1 atom stereocenters. The maximum atomic E-state index is 12.1. The van der Waals surface area contributed by atoms with E-state index in [9.17, 15) is 13.2 Å². The quantitative estimate of drug-likeness (QED) is 0.849. The Kier molecular flexibility index (Phi) is 4.74. The van der Waals surface area contributed by atoms with E-state index in [1.54, 1.807) is 0 Å². The number of carboxylic acids is 1. The van der Waals surface area contributed by atoms with Crippen molar-refractivity contribution in [3.8, 4) is 0 Å². The van der Waals surface area contributed by atoms with Crippen LogP contribution >= 0.6 is 0 Å². The Morgan fingerprint density at radius 1 is 1.35 bits per heavy atom. The van der Waals surface area contributed by atoms with E-state index >= 15 is 0 Å². The Bertz CT molecular complexity index is 561. The van der Waals surface area contributed by atoms with Crippen LogP contribution in [0.2, 0.25) is 0 Å². The molecule has 0 aliphatic carbocycles. The fourth-order valence-corrected chi connectivity index (χ4v) is 3.17. The largest absolute Gasteiger partial charge is 0.478 e. The van der Waals surface area contributed by atoms with Gasteiger partial charge in [-0.2, -0.15) is 0 Å². The number of hydrogen-bond donors (Lipinski definition) is 2. The lowest BCUT2D eigenvalue weighted by Crippen LogP contribution is -2.33. The van der Waals surface area contributed by atoms with Crippen LogP contribution in [0.3, 0.4) is 0 Å². The second kappa shape index (κ2) is 6.34. The summed E-state index contributed by atoms with van der Waals surface area (Å²) in [4.78, 5) is 10.8. The second-order valence-corrected chi connectivity index (χ2v) is 6.53. The van der Waals surface area contributed by atoms with Crippen molar-refractivity contribution in [2.75, 3.05) is 19.8 Å². The molecule has 0 amide bonds. The van der Waals surface area contributed by atoms with Gasteiger partial charge in [0.1, 0.15) is 0 Å². The lowest BCUT2D eigenvalue weighted by Gasteiger charge is -2.22. The number of carboxylic acid groups (broad SMARTS) is 1. The summed E-state index contributed by atoms with van der Waals surface area (Å²) < 4.78 is 31.9. The molecule has 1 aromatic carbocycles. The van der Waals surface area contributed by atoms with Crippen LogP contribution in [0.1, 0.15) is 23.2 Å². The zero-order chi connectivity index (χ0) is 14.6. The highest BCUT2D eigenvalue weighted by Gasteiger charge is 2.19. The molecule has 0 aromatic heterocycles. The van der Waals surface area contributed by atoms with Crippen LogP contribution in [-0.4, -0.2) is 39.3 Å². The van der Waals surface area contributed by atoms with Crippen LogP contribution in [0.15, 0.2) is 29.2 Å². The minimum Gasteiger partial charge on any atom is -0.478 e. The third-order valence-corrected chi connectivity index (χ3v) is 4.67. The molecule has 7 heteroatoms. The van der Waals surface area contributed by atoms with Crippen molar-refractivity contribution in [2.45, 2.75) is 17.7 Å². The van der Waals surface area contributed by atoms with Crippen molar-refractivity contribution in [2.24, 2.45) is 5.92 Å². The van der Waals surface area contributed by atoms with Gasteiger partial charge in [0, 0.05) is 13.2 Å². The van der Waals surface area contributed by atoms with Gasteiger partial charge in [-0.15, -0.1) is 0 Å². The van der Waals surface area contributed by atoms with Crippen LogP contribution in [0.5, 0.6) is 0 Å². The number of sulfonamides is 1. The summed E-state index contributed by atoms with van der Waals surface area (Å²) in [5, 5.41) is 8.77. The van der Waals surface area contributed by atoms with Gasteiger partial charge in [0.2, 0.25) is 10.0 Å². The lowest BCUT2D eigenvalue weighted by atomic mass is 10.0. The summed E-state index contributed by atoms with van der Waals surface area (Å²) in [6.07, 6.45) is 1.89. The molecule has 2 N–H and O–H groups in total. The topological polar surface area (TPSA) is 92.7 Å². The molecule has 0 bridgehead atoms. The standard InChI is InChI=1S/C13H17NO5S/c15-13(16)11-3-5-12(6-4-11)20(17,18)14-8-10-2-1-7-19-9-10/h3-6,10,14H,1-2,7-9H2,(H,15,16)/t10-/m0/s1. The van der Waals surface area contributed by atoms with Crippen molar-refractivity contribution in [3.05, 3.63) is 29.8 Å². The summed E-state index contributed by atoms with van der Waals surface area (Å²) in [6.45, 7) is 1.64.